The van der Waals surface area contributed by atoms with E-state index in [1.807, 2.05) is 12.1 Å². The largest absolute Gasteiger partial charge is 0.469 e. The van der Waals surface area contributed by atoms with Crippen LogP contribution in [0.25, 0.3) is 10.9 Å². The molecule has 0 fully saturated rings. The third-order valence-electron chi connectivity index (χ3n) is 4.33. The molecule has 1 heterocycles. The number of fused-ring (bicyclic) bond motifs is 3. The Hall–Kier alpha value is -1.81. The SMILES string of the molecule is COC(=O)C(C)C1CCc2c([nH]c3ccc(Cl)cc23)C1=O. The lowest BCUT2D eigenvalue weighted by Gasteiger charge is -2.24. The van der Waals surface area contributed by atoms with Gasteiger partial charge in [0.15, 0.2) is 5.78 Å². The maximum atomic E-state index is 12.7. The normalized spacial score (nSPS) is 19.4. The van der Waals surface area contributed by atoms with Crippen molar-refractivity contribution in [3.05, 3.63) is 34.5 Å². The molecule has 0 saturated heterocycles. The Morgan fingerprint density at radius 2 is 2.24 bits per heavy atom. The van der Waals surface area contributed by atoms with Gasteiger partial charge in [-0.3, -0.25) is 9.59 Å². The van der Waals surface area contributed by atoms with E-state index in [-0.39, 0.29) is 17.7 Å². The first-order valence-electron chi connectivity index (χ1n) is 6.95. The van der Waals surface area contributed by atoms with E-state index < -0.39 is 5.92 Å². The number of aromatic nitrogens is 1. The number of halogens is 1. The van der Waals surface area contributed by atoms with Gasteiger partial charge in [0.05, 0.1) is 18.7 Å². The van der Waals surface area contributed by atoms with Crippen molar-refractivity contribution in [2.75, 3.05) is 7.11 Å². The van der Waals surface area contributed by atoms with Gasteiger partial charge >= 0.3 is 5.97 Å². The number of hydrogen-bond donors (Lipinski definition) is 1. The summed E-state index contributed by atoms with van der Waals surface area (Å²) in [7, 11) is 1.35. The van der Waals surface area contributed by atoms with Gasteiger partial charge in [-0.2, -0.15) is 0 Å². The number of ether oxygens (including phenoxy) is 1. The van der Waals surface area contributed by atoms with E-state index in [1.165, 1.54) is 7.11 Å². The lowest BCUT2D eigenvalue weighted by Crippen LogP contribution is -2.32. The first kappa shape index (κ1) is 14.1. The smallest absolute Gasteiger partial charge is 0.309 e. The minimum absolute atomic E-state index is 0.0125. The molecule has 0 amide bonds. The second-order valence-corrected chi connectivity index (χ2v) is 5.93. The highest BCUT2D eigenvalue weighted by atomic mass is 35.5. The fourth-order valence-corrected chi connectivity index (χ4v) is 3.31. The second-order valence-electron chi connectivity index (χ2n) is 5.49. The molecular formula is C16H16ClNO3. The lowest BCUT2D eigenvalue weighted by atomic mass is 9.78. The van der Waals surface area contributed by atoms with Gasteiger partial charge in [-0.25, -0.2) is 0 Å². The Morgan fingerprint density at radius 1 is 1.48 bits per heavy atom. The van der Waals surface area contributed by atoms with Crippen LogP contribution in [-0.2, 0) is 16.0 Å². The van der Waals surface area contributed by atoms with Crippen LogP contribution in [0.15, 0.2) is 18.2 Å². The molecule has 1 N–H and O–H groups in total. The summed E-state index contributed by atoms with van der Waals surface area (Å²) in [5, 5.41) is 1.65. The predicted octanol–water partition coefficient (Wildman–Crippen LogP) is 3.38. The zero-order valence-electron chi connectivity index (χ0n) is 11.9. The molecule has 2 aromatic rings. The van der Waals surface area contributed by atoms with Gasteiger partial charge in [-0.1, -0.05) is 18.5 Å². The average Bonchev–Trinajstić information content (AvgIpc) is 2.85. The fourth-order valence-electron chi connectivity index (χ4n) is 3.13. The highest BCUT2D eigenvalue weighted by molar-refractivity contribution is 6.31. The van der Waals surface area contributed by atoms with Crippen LogP contribution in [0.5, 0.6) is 0 Å². The number of rotatable bonds is 2. The number of Topliss-reactive ketones (excluding diaryl/α,β-unsaturated/α-hetero) is 1. The molecule has 2 atom stereocenters. The van der Waals surface area contributed by atoms with Crippen LogP contribution >= 0.6 is 11.6 Å². The molecule has 0 saturated carbocycles. The van der Waals surface area contributed by atoms with Crippen LogP contribution < -0.4 is 0 Å². The number of carbonyl (C=O) groups is 2. The fraction of sp³-hybridized carbons (Fsp3) is 0.375. The highest BCUT2D eigenvalue weighted by Gasteiger charge is 2.37. The molecular weight excluding hydrogens is 290 g/mol. The lowest BCUT2D eigenvalue weighted by molar-refractivity contribution is -0.146. The predicted molar refractivity (Wildman–Crippen MR) is 80.6 cm³/mol. The number of carbonyl (C=O) groups excluding carboxylic acids is 2. The van der Waals surface area contributed by atoms with E-state index >= 15 is 0 Å². The maximum Gasteiger partial charge on any atom is 0.309 e. The molecule has 0 spiro atoms. The van der Waals surface area contributed by atoms with Crippen molar-refractivity contribution in [2.24, 2.45) is 11.8 Å². The van der Waals surface area contributed by atoms with Crippen LogP contribution in [0.1, 0.15) is 29.4 Å². The quantitative estimate of drug-likeness (QED) is 0.865. The molecule has 1 aromatic heterocycles. The van der Waals surface area contributed by atoms with Crippen molar-refractivity contribution in [1.82, 2.24) is 4.98 Å². The number of aryl methyl sites for hydroxylation is 1. The monoisotopic (exact) mass is 305 g/mol. The molecule has 0 bridgehead atoms. The highest BCUT2D eigenvalue weighted by Crippen LogP contribution is 2.35. The molecule has 0 radical (unpaired) electrons. The van der Waals surface area contributed by atoms with E-state index in [0.717, 1.165) is 22.9 Å². The number of nitrogens with one attached hydrogen (secondary N) is 1. The number of hydrogen-bond acceptors (Lipinski definition) is 3. The summed E-state index contributed by atoms with van der Waals surface area (Å²) in [6.45, 7) is 1.75. The topological polar surface area (TPSA) is 59.2 Å². The molecule has 1 aliphatic carbocycles. The number of benzene rings is 1. The summed E-state index contributed by atoms with van der Waals surface area (Å²) >= 11 is 6.03. The van der Waals surface area contributed by atoms with E-state index in [9.17, 15) is 9.59 Å². The number of esters is 1. The molecule has 21 heavy (non-hydrogen) atoms. The molecule has 1 aliphatic rings. The molecule has 1 aromatic carbocycles. The van der Waals surface area contributed by atoms with Crippen LogP contribution in [0.2, 0.25) is 5.02 Å². The summed E-state index contributed by atoms with van der Waals surface area (Å²) in [6.07, 6.45) is 1.41. The van der Waals surface area contributed by atoms with Crippen LogP contribution in [0, 0.1) is 11.8 Å². The summed E-state index contributed by atoms with van der Waals surface area (Å²) in [5.41, 5.74) is 2.52. The molecule has 3 rings (SSSR count). The van der Waals surface area contributed by atoms with Crippen molar-refractivity contribution >= 4 is 34.3 Å². The van der Waals surface area contributed by atoms with E-state index in [4.69, 9.17) is 16.3 Å². The number of methoxy groups -OCH3 is 1. The van der Waals surface area contributed by atoms with Gasteiger partial charge in [0.25, 0.3) is 0 Å². The standard InChI is InChI=1S/C16H16ClNO3/c1-8(16(20)21-2)10-4-5-11-12-7-9(17)3-6-13(12)18-14(11)15(10)19/h3,6-8,10,18H,4-5H2,1-2H3. The van der Waals surface area contributed by atoms with Gasteiger partial charge in [-0.05, 0) is 36.6 Å². The van der Waals surface area contributed by atoms with E-state index in [2.05, 4.69) is 4.98 Å². The number of H-pyrrole nitrogens is 1. The first-order valence-corrected chi connectivity index (χ1v) is 7.33. The maximum absolute atomic E-state index is 12.7. The zero-order chi connectivity index (χ0) is 15.1. The van der Waals surface area contributed by atoms with Crippen molar-refractivity contribution in [3.63, 3.8) is 0 Å². The first-order chi connectivity index (χ1) is 10.0. The van der Waals surface area contributed by atoms with E-state index in [0.29, 0.717) is 17.1 Å². The summed E-state index contributed by atoms with van der Waals surface area (Å²) < 4.78 is 4.76. The Morgan fingerprint density at radius 3 is 2.95 bits per heavy atom. The third kappa shape index (κ3) is 2.23. The second kappa shape index (κ2) is 5.19. The minimum Gasteiger partial charge on any atom is -0.469 e. The number of ketones is 1. The van der Waals surface area contributed by atoms with Crippen molar-refractivity contribution in [2.45, 2.75) is 19.8 Å². The summed E-state index contributed by atoms with van der Waals surface area (Å²) in [4.78, 5) is 27.5. The van der Waals surface area contributed by atoms with Gasteiger partial charge in [0.1, 0.15) is 0 Å². The Kier molecular flexibility index (Phi) is 3.49. The Bertz CT molecular complexity index is 734. The van der Waals surface area contributed by atoms with Gasteiger partial charge in [0.2, 0.25) is 0 Å². The van der Waals surface area contributed by atoms with Crippen molar-refractivity contribution in [1.29, 1.82) is 0 Å². The van der Waals surface area contributed by atoms with Gasteiger partial charge in [0, 0.05) is 21.8 Å². The molecule has 4 nitrogen and oxygen atoms in total. The minimum atomic E-state index is -0.425. The van der Waals surface area contributed by atoms with Crippen molar-refractivity contribution in [3.8, 4) is 0 Å². The molecule has 2 unspecified atom stereocenters. The molecule has 5 heteroatoms. The average molecular weight is 306 g/mol. The van der Waals surface area contributed by atoms with Gasteiger partial charge < -0.3 is 9.72 Å². The zero-order valence-corrected chi connectivity index (χ0v) is 12.7. The van der Waals surface area contributed by atoms with E-state index in [1.54, 1.807) is 13.0 Å². The Labute approximate surface area is 127 Å². The molecule has 110 valence electrons. The summed E-state index contributed by atoms with van der Waals surface area (Å²) in [5.74, 6) is -1.10. The summed E-state index contributed by atoms with van der Waals surface area (Å²) in [6, 6.07) is 5.55. The molecule has 0 aliphatic heterocycles. The Balaban J connectivity index is 2.02. The van der Waals surface area contributed by atoms with Crippen LogP contribution in [0.3, 0.4) is 0 Å². The van der Waals surface area contributed by atoms with Gasteiger partial charge in [-0.15, -0.1) is 0 Å². The van der Waals surface area contributed by atoms with Crippen LogP contribution in [0.4, 0.5) is 0 Å². The third-order valence-corrected chi connectivity index (χ3v) is 4.57. The van der Waals surface area contributed by atoms with Crippen LogP contribution in [-0.4, -0.2) is 23.8 Å². The number of aromatic amines is 1. The van der Waals surface area contributed by atoms with Crippen molar-refractivity contribution < 1.29 is 14.3 Å².